The van der Waals surface area contributed by atoms with E-state index in [2.05, 4.69) is 4.98 Å². The Morgan fingerprint density at radius 1 is 1.71 bits per heavy atom. The maximum absolute atomic E-state index is 10.5. The predicted octanol–water partition coefficient (Wildman–Crippen LogP) is 0.907. The number of aliphatic carboxylic acids is 1. The number of rotatable bonds is 4. The summed E-state index contributed by atoms with van der Waals surface area (Å²) in [6, 6.07) is 3.75. The molecule has 0 saturated carbocycles. The minimum Gasteiger partial charge on any atom is -0.481 e. The lowest BCUT2D eigenvalue weighted by molar-refractivity contribution is -0.137. The molecular weight excluding hydrogens is 180 g/mol. The van der Waals surface area contributed by atoms with Gasteiger partial charge >= 0.3 is 5.97 Å². The summed E-state index contributed by atoms with van der Waals surface area (Å²) in [6.45, 7) is 2.25. The van der Waals surface area contributed by atoms with E-state index < -0.39 is 5.97 Å². The maximum Gasteiger partial charge on any atom is 0.304 e. The molecule has 0 fully saturated rings. The fourth-order valence-corrected chi connectivity index (χ4v) is 1.30. The molecule has 0 saturated heterocycles. The number of nitrogens with two attached hydrogens (primary N) is 1. The van der Waals surface area contributed by atoms with Crippen LogP contribution in [0.2, 0.25) is 0 Å². The van der Waals surface area contributed by atoms with Crippen molar-refractivity contribution in [3.63, 3.8) is 0 Å². The fourth-order valence-electron chi connectivity index (χ4n) is 1.30. The second kappa shape index (κ2) is 4.72. The SMILES string of the molecule is Cc1ccnc(C(CN)CC(=O)O)c1. The number of hydrogen-bond acceptors (Lipinski definition) is 3. The summed E-state index contributed by atoms with van der Waals surface area (Å²) in [6.07, 6.45) is 1.71. The van der Waals surface area contributed by atoms with Crippen molar-refractivity contribution in [2.24, 2.45) is 5.73 Å². The van der Waals surface area contributed by atoms with Crippen LogP contribution in [-0.4, -0.2) is 22.6 Å². The molecule has 4 nitrogen and oxygen atoms in total. The molecule has 0 spiro atoms. The van der Waals surface area contributed by atoms with Gasteiger partial charge < -0.3 is 10.8 Å². The Bertz CT molecular complexity index is 326. The minimum absolute atomic E-state index is 0.0347. The summed E-state index contributed by atoms with van der Waals surface area (Å²) in [4.78, 5) is 14.7. The number of carbonyl (C=O) groups is 1. The van der Waals surface area contributed by atoms with Crippen LogP contribution in [0, 0.1) is 6.92 Å². The van der Waals surface area contributed by atoms with Crippen LogP contribution in [0.15, 0.2) is 18.3 Å². The molecule has 1 atom stereocenters. The summed E-state index contributed by atoms with van der Waals surface area (Å²) in [5, 5.41) is 8.66. The Morgan fingerprint density at radius 3 is 2.93 bits per heavy atom. The summed E-state index contributed by atoms with van der Waals surface area (Å²) >= 11 is 0. The van der Waals surface area contributed by atoms with E-state index in [-0.39, 0.29) is 12.3 Å². The smallest absolute Gasteiger partial charge is 0.304 e. The van der Waals surface area contributed by atoms with Crippen molar-refractivity contribution in [2.75, 3.05) is 6.54 Å². The van der Waals surface area contributed by atoms with Crippen LogP contribution in [0.25, 0.3) is 0 Å². The Hall–Kier alpha value is -1.42. The Labute approximate surface area is 82.8 Å². The van der Waals surface area contributed by atoms with Gasteiger partial charge in [0.25, 0.3) is 0 Å². The average Bonchev–Trinajstić information content (AvgIpc) is 2.14. The number of carboxylic acid groups (broad SMARTS) is 1. The first-order valence-corrected chi connectivity index (χ1v) is 4.48. The lowest BCUT2D eigenvalue weighted by atomic mass is 10.00. The topological polar surface area (TPSA) is 76.2 Å². The third-order valence-corrected chi connectivity index (χ3v) is 2.06. The standard InChI is InChI=1S/C10H14N2O2/c1-7-2-3-12-9(4-7)8(6-11)5-10(13)14/h2-4,8H,5-6,11H2,1H3,(H,13,14). The van der Waals surface area contributed by atoms with E-state index in [4.69, 9.17) is 10.8 Å². The Kier molecular flexibility index (Phi) is 3.59. The van der Waals surface area contributed by atoms with Gasteiger partial charge in [0.1, 0.15) is 0 Å². The summed E-state index contributed by atoms with van der Waals surface area (Å²) in [7, 11) is 0. The first kappa shape index (κ1) is 10.7. The van der Waals surface area contributed by atoms with E-state index >= 15 is 0 Å². The highest BCUT2D eigenvalue weighted by Crippen LogP contribution is 2.16. The van der Waals surface area contributed by atoms with E-state index in [0.717, 1.165) is 11.3 Å². The molecule has 0 aliphatic rings. The molecule has 4 heteroatoms. The first-order valence-electron chi connectivity index (χ1n) is 4.48. The van der Waals surface area contributed by atoms with Gasteiger partial charge in [-0.25, -0.2) is 0 Å². The average molecular weight is 194 g/mol. The molecule has 3 N–H and O–H groups in total. The molecular formula is C10H14N2O2. The lowest BCUT2D eigenvalue weighted by Crippen LogP contribution is -2.17. The van der Waals surface area contributed by atoms with Crippen LogP contribution in [-0.2, 0) is 4.79 Å². The van der Waals surface area contributed by atoms with Crippen molar-refractivity contribution in [2.45, 2.75) is 19.3 Å². The molecule has 0 aromatic carbocycles. The van der Waals surface area contributed by atoms with Crippen LogP contribution in [0.5, 0.6) is 0 Å². The molecule has 0 aliphatic heterocycles. The number of nitrogens with zero attached hydrogens (tertiary/aromatic N) is 1. The molecule has 1 rings (SSSR count). The molecule has 0 aliphatic carbocycles. The van der Waals surface area contributed by atoms with E-state index in [0.29, 0.717) is 6.54 Å². The molecule has 1 aromatic rings. The molecule has 0 radical (unpaired) electrons. The zero-order valence-electron chi connectivity index (χ0n) is 8.10. The van der Waals surface area contributed by atoms with Crippen molar-refractivity contribution in [3.05, 3.63) is 29.6 Å². The van der Waals surface area contributed by atoms with Crippen molar-refractivity contribution in [1.29, 1.82) is 0 Å². The van der Waals surface area contributed by atoms with E-state index in [1.165, 1.54) is 0 Å². The second-order valence-electron chi connectivity index (χ2n) is 3.29. The number of carboxylic acids is 1. The van der Waals surface area contributed by atoms with Gasteiger partial charge in [0.05, 0.1) is 6.42 Å². The first-order chi connectivity index (χ1) is 6.63. The summed E-state index contributed by atoms with van der Waals surface area (Å²) in [5.74, 6) is -1.03. The fraction of sp³-hybridized carbons (Fsp3) is 0.400. The van der Waals surface area contributed by atoms with Gasteiger partial charge in [0.2, 0.25) is 0 Å². The monoisotopic (exact) mass is 194 g/mol. The van der Waals surface area contributed by atoms with Gasteiger partial charge in [-0.15, -0.1) is 0 Å². The predicted molar refractivity (Wildman–Crippen MR) is 53.0 cm³/mol. The van der Waals surface area contributed by atoms with E-state index in [9.17, 15) is 4.79 Å². The molecule has 1 heterocycles. The highest BCUT2D eigenvalue weighted by molar-refractivity contribution is 5.67. The molecule has 14 heavy (non-hydrogen) atoms. The van der Waals surface area contributed by atoms with Crippen molar-refractivity contribution in [1.82, 2.24) is 4.98 Å². The van der Waals surface area contributed by atoms with Crippen LogP contribution in [0.3, 0.4) is 0 Å². The zero-order valence-corrected chi connectivity index (χ0v) is 8.10. The second-order valence-corrected chi connectivity index (χ2v) is 3.29. The van der Waals surface area contributed by atoms with Gasteiger partial charge in [-0.05, 0) is 24.6 Å². The molecule has 0 amide bonds. The van der Waals surface area contributed by atoms with Crippen molar-refractivity contribution in [3.8, 4) is 0 Å². The number of hydrogen-bond donors (Lipinski definition) is 2. The number of pyridine rings is 1. The van der Waals surface area contributed by atoms with Crippen LogP contribution in [0.4, 0.5) is 0 Å². The van der Waals surface area contributed by atoms with Gasteiger partial charge in [-0.3, -0.25) is 9.78 Å². The number of aryl methyl sites for hydroxylation is 1. The Balaban J connectivity index is 2.83. The van der Waals surface area contributed by atoms with Crippen LogP contribution < -0.4 is 5.73 Å². The highest BCUT2D eigenvalue weighted by atomic mass is 16.4. The molecule has 0 bridgehead atoms. The molecule has 1 aromatic heterocycles. The van der Waals surface area contributed by atoms with Crippen molar-refractivity contribution >= 4 is 5.97 Å². The van der Waals surface area contributed by atoms with Crippen LogP contribution >= 0.6 is 0 Å². The quantitative estimate of drug-likeness (QED) is 0.746. The van der Waals surface area contributed by atoms with E-state index in [1.807, 2.05) is 19.1 Å². The van der Waals surface area contributed by atoms with Crippen LogP contribution in [0.1, 0.15) is 23.6 Å². The third-order valence-electron chi connectivity index (χ3n) is 2.06. The lowest BCUT2D eigenvalue weighted by Gasteiger charge is -2.11. The molecule has 76 valence electrons. The Morgan fingerprint density at radius 2 is 2.43 bits per heavy atom. The normalized spacial score (nSPS) is 12.4. The largest absolute Gasteiger partial charge is 0.481 e. The van der Waals surface area contributed by atoms with Gasteiger partial charge in [-0.1, -0.05) is 0 Å². The maximum atomic E-state index is 10.5. The summed E-state index contributed by atoms with van der Waals surface area (Å²) in [5.41, 5.74) is 7.33. The van der Waals surface area contributed by atoms with Gasteiger partial charge in [-0.2, -0.15) is 0 Å². The minimum atomic E-state index is -0.844. The van der Waals surface area contributed by atoms with E-state index in [1.54, 1.807) is 6.20 Å². The summed E-state index contributed by atoms with van der Waals surface area (Å²) < 4.78 is 0. The van der Waals surface area contributed by atoms with Gasteiger partial charge in [0, 0.05) is 24.4 Å². The number of aromatic nitrogens is 1. The zero-order chi connectivity index (χ0) is 10.6. The molecule has 1 unspecified atom stereocenters. The van der Waals surface area contributed by atoms with Gasteiger partial charge in [0.15, 0.2) is 0 Å². The van der Waals surface area contributed by atoms with Crippen molar-refractivity contribution < 1.29 is 9.90 Å². The third kappa shape index (κ3) is 2.81. The highest BCUT2D eigenvalue weighted by Gasteiger charge is 2.14.